The van der Waals surface area contributed by atoms with Crippen LogP contribution >= 0.6 is 0 Å². The Kier molecular flexibility index (Phi) is 12.7. The summed E-state index contributed by atoms with van der Waals surface area (Å²) in [4.78, 5) is 0. The number of rotatable bonds is 10. The van der Waals surface area contributed by atoms with Crippen molar-refractivity contribution in [2.24, 2.45) is 11.8 Å². The van der Waals surface area contributed by atoms with Gasteiger partial charge in [0.15, 0.2) is 0 Å². The highest BCUT2D eigenvalue weighted by atomic mass is 14.0. The quantitative estimate of drug-likeness (QED) is 0.320. The zero-order valence-electron chi connectivity index (χ0n) is 13.2. The molecule has 2 unspecified atom stereocenters. The predicted molar refractivity (Wildman–Crippen MR) is 83.6 cm³/mol. The first-order chi connectivity index (χ1) is 8.70. The maximum atomic E-state index is 3.45. The lowest BCUT2D eigenvalue weighted by molar-refractivity contribution is 0.561. The standard InChI is InChI=1S/C18H34/c1-5-7-9-11-13-17(3)15-16-18(4)14-12-10-8-6-2/h17-18H,5-14H2,1-4H3. The van der Waals surface area contributed by atoms with Crippen LogP contribution in [0.25, 0.3) is 0 Å². The second-order valence-electron chi connectivity index (χ2n) is 5.79. The van der Waals surface area contributed by atoms with Gasteiger partial charge in [0, 0.05) is 11.8 Å². The van der Waals surface area contributed by atoms with Crippen LogP contribution in [0.1, 0.15) is 91.9 Å². The molecule has 0 aromatic heterocycles. The van der Waals surface area contributed by atoms with Crippen LogP contribution in [0, 0.1) is 23.7 Å². The summed E-state index contributed by atoms with van der Waals surface area (Å²) < 4.78 is 0. The summed E-state index contributed by atoms with van der Waals surface area (Å²) in [6.07, 6.45) is 13.5. The van der Waals surface area contributed by atoms with Crippen LogP contribution in [0.15, 0.2) is 0 Å². The van der Waals surface area contributed by atoms with E-state index < -0.39 is 0 Å². The fraction of sp³-hybridized carbons (Fsp3) is 0.889. The van der Waals surface area contributed by atoms with Crippen LogP contribution in [0.2, 0.25) is 0 Å². The maximum Gasteiger partial charge on any atom is 0.0174 e. The molecule has 0 aliphatic carbocycles. The number of unbranched alkanes of at least 4 members (excludes halogenated alkanes) is 6. The van der Waals surface area contributed by atoms with E-state index in [-0.39, 0.29) is 0 Å². The summed E-state index contributed by atoms with van der Waals surface area (Å²) in [5.41, 5.74) is 0. The fourth-order valence-electron chi connectivity index (χ4n) is 2.18. The van der Waals surface area contributed by atoms with Gasteiger partial charge in [-0.1, -0.05) is 90.9 Å². The normalized spacial score (nSPS) is 13.8. The SMILES string of the molecule is CCCCCCC(C)C#CC(C)CCCCCC. The van der Waals surface area contributed by atoms with Gasteiger partial charge in [-0.3, -0.25) is 0 Å². The molecule has 0 radical (unpaired) electrons. The molecule has 0 spiro atoms. The van der Waals surface area contributed by atoms with Gasteiger partial charge in [0.2, 0.25) is 0 Å². The third-order valence-electron chi connectivity index (χ3n) is 3.56. The number of hydrogen-bond acceptors (Lipinski definition) is 0. The molecule has 0 saturated carbocycles. The van der Waals surface area contributed by atoms with Gasteiger partial charge in [0.25, 0.3) is 0 Å². The average molecular weight is 250 g/mol. The van der Waals surface area contributed by atoms with Crippen molar-refractivity contribution in [1.82, 2.24) is 0 Å². The molecule has 0 amide bonds. The van der Waals surface area contributed by atoms with E-state index in [1.165, 1.54) is 64.2 Å². The van der Waals surface area contributed by atoms with Crippen molar-refractivity contribution in [3.05, 3.63) is 0 Å². The second kappa shape index (κ2) is 13.0. The zero-order valence-corrected chi connectivity index (χ0v) is 13.2. The summed E-state index contributed by atoms with van der Waals surface area (Å²) >= 11 is 0. The highest BCUT2D eigenvalue weighted by Gasteiger charge is 1.99. The maximum absolute atomic E-state index is 3.45. The first-order valence-corrected chi connectivity index (χ1v) is 8.21. The molecule has 0 aliphatic rings. The van der Waals surface area contributed by atoms with E-state index in [2.05, 4.69) is 39.5 Å². The smallest absolute Gasteiger partial charge is 0.0174 e. The Bertz CT molecular complexity index is 196. The van der Waals surface area contributed by atoms with Gasteiger partial charge >= 0.3 is 0 Å². The Morgan fingerprint density at radius 3 is 1.33 bits per heavy atom. The molecular weight excluding hydrogens is 216 g/mol. The van der Waals surface area contributed by atoms with Crippen molar-refractivity contribution in [2.45, 2.75) is 91.9 Å². The Hall–Kier alpha value is -0.440. The van der Waals surface area contributed by atoms with Crippen molar-refractivity contribution >= 4 is 0 Å². The highest BCUT2D eigenvalue weighted by molar-refractivity contribution is 5.05. The van der Waals surface area contributed by atoms with Gasteiger partial charge < -0.3 is 0 Å². The Morgan fingerprint density at radius 2 is 1.00 bits per heavy atom. The van der Waals surface area contributed by atoms with E-state index >= 15 is 0 Å². The lowest BCUT2D eigenvalue weighted by atomic mass is 9.99. The molecule has 18 heavy (non-hydrogen) atoms. The van der Waals surface area contributed by atoms with Gasteiger partial charge in [-0.2, -0.15) is 0 Å². The van der Waals surface area contributed by atoms with Crippen LogP contribution in [0.5, 0.6) is 0 Å². The average Bonchev–Trinajstić information content (AvgIpc) is 2.37. The predicted octanol–water partition coefficient (Wildman–Crippen LogP) is 6.20. The van der Waals surface area contributed by atoms with Crippen molar-refractivity contribution in [3.8, 4) is 11.8 Å². The van der Waals surface area contributed by atoms with Crippen LogP contribution in [-0.4, -0.2) is 0 Å². The van der Waals surface area contributed by atoms with Gasteiger partial charge in [-0.15, -0.1) is 0 Å². The molecule has 0 heteroatoms. The highest BCUT2D eigenvalue weighted by Crippen LogP contribution is 2.12. The molecule has 0 saturated heterocycles. The molecule has 0 aliphatic heterocycles. The largest absolute Gasteiger partial charge is 0.0999 e. The van der Waals surface area contributed by atoms with Crippen molar-refractivity contribution in [3.63, 3.8) is 0 Å². The molecule has 0 aromatic rings. The summed E-state index contributed by atoms with van der Waals surface area (Å²) in [5, 5.41) is 0. The van der Waals surface area contributed by atoms with E-state index in [0.717, 1.165) is 0 Å². The van der Waals surface area contributed by atoms with Crippen molar-refractivity contribution < 1.29 is 0 Å². The third-order valence-corrected chi connectivity index (χ3v) is 3.56. The Morgan fingerprint density at radius 1 is 0.611 bits per heavy atom. The van der Waals surface area contributed by atoms with Gasteiger partial charge in [0.1, 0.15) is 0 Å². The van der Waals surface area contributed by atoms with Crippen molar-refractivity contribution in [1.29, 1.82) is 0 Å². The van der Waals surface area contributed by atoms with Gasteiger partial charge in [-0.05, 0) is 12.8 Å². The molecule has 0 fully saturated rings. The molecule has 2 atom stereocenters. The van der Waals surface area contributed by atoms with Crippen LogP contribution in [-0.2, 0) is 0 Å². The molecule has 0 bridgehead atoms. The second-order valence-corrected chi connectivity index (χ2v) is 5.79. The first kappa shape index (κ1) is 17.6. The van der Waals surface area contributed by atoms with Gasteiger partial charge in [-0.25, -0.2) is 0 Å². The van der Waals surface area contributed by atoms with E-state index in [1.54, 1.807) is 0 Å². The molecular formula is C18H34. The van der Waals surface area contributed by atoms with E-state index in [4.69, 9.17) is 0 Å². The lowest BCUT2D eigenvalue weighted by Crippen LogP contribution is -1.94. The molecule has 0 rings (SSSR count). The topological polar surface area (TPSA) is 0 Å². The summed E-state index contributed by atoms with van der Waals surface area (Å²) in [7, 11) is 0. The van der Waals surface area contributed by atoms with E-state index in [0.29, 0.717) is 11.8 Å². The van der Waals surface area contributed by atoms with E-state index in [1.807, 2.05) is 0 Å². The van der Waals surface area contributed by atoms with Crippen LogP contribution in [0.3, 0.4) is 0 Å². The first-order valence-electron chi connectivity index (χ1n) is 8.21. The molecule has 0 N–H and O–H groups in total. The molecule has 106 valence electrons. The summed E-state index contributed by atoms with van der Waals surface area (Å²) in [5.74, 6) is 8.09. The summed E-state index contributed by atoms with van der Waals surface area (Å²) in [6.45, 7) is 9.10. The minimum absolute atomic E-state index is 0.597. The van der Waals surface area contributed by atoms with Crippen molar-refractivity contribution in [2.75, 3.05) is 0 Å². The minimum atomic E-state index is 0.597. The fourth-order valence-corrected chi connectivity index (χ4v) is 2.18. The molecule has 0 nitrogen and oxygen atoms in total. The van der Waals surface area contributed by atoms with Gasteiger partial charge in [0.05, 0.1) is 0 Å². The minimum Gasteiger partial charge on any atom is -0.0999 e. The zero-order chi connectivity index (χ0) is 13.6. The number of hydrogen-bond donors (Lipinski definition) is 0. The van der Waals surface area contributed by atoms with E-state index in [9.17, 15) is 0 Å². The molecule has 0 aromatic carbocycles. The third kappa shape index (κ3) is 12.0. The van der Waals surface area contributed by atoms with Crippen LogP contribution < -0.4 is 0 Å². The Balaban J connectivity index is 3.58. The Labute approximate surface area is 116 Å². The lowest BCUT2D eigenvalue weighted by Gasteiger charge is -2.05. The molecule has 0 heterocycles. The van der Waals surface area contributed by atoms with Crippen LogP contribution in [0.4, 0.5) is 0 Å². The monoisotopic (exact) mass is 250 g/mol. The summed E-state index contributed by atoms with van der Waals surface area (Å²) in [6, 6.07) is 0.